The van der Waals surface area contributed by atoms with Crippen molar-refractivity contribution in [1.82, 2.24) is 9.88 Å². The minimum absolute atomic E-state index is 0.0407. The fraction of sp³-hybridized carbons (Fsp3) is 0.471. The Labute approximate surface area is 126 Å². The lowest BCUT2D eigenvalue weighted by Gasteiger charge is -2.14. The van der Waals surface area contributed by atoms with E-state index in [0.29, 0.717) is 12.5 Å². The van der Waals surface area contributed by atoms with Crippen LogP contribution in [0.15, 0.2) is 36.5 Å². The van der Waals surface area contributed by atoms with Crippen LogP contribution in [0.4, 0.5) is 0 Å². The number of nitrogens with zero attached hydrogens (tertiary/aromatic N) is 1. The number of fused-ring (bicyclic) bond motifs is 1. The predicted molar refractivity (Wildman–Crippen MR) is 87.0 cm³/mol. The first-order valence-corrected chi connectivity index (χ1v) is 7.65. The van der Waals surface area contributed by atoms with Gasteiger partial charge >= 0.3 is 0 Å². The number of rotatable bonds is 7. The smallest absolute Gasteiger partial charge is 0.236 e. The lowest BCUT2D eigenvalue weighted by Crippen LogP contribution is -2.41. The van der Waals surface area contributed by atoms with Gasteiger partial charge in [-0.15, -0.1) is 0 Å². The van der Waals surface area contributed by atoms with E-state index in [-0.39, 0.29) is 5.91 Å². The number of carbonyl (C=O) groups is 1. The molecule has 1 heterocycles. The molecule has 0 spiro atoms. The average molecular weight is 287 g/mol. The number of benzene rings is 1. The van der Waals surface area contributed by atoms with Crippen molar-refractivity contribution < 1.29 is 4.79 Å². The molecule has 4 heteroatoms. The summed E-state index contributed by atoms with van der Waals surface area (Å²) in [5.74, 6) is 0.401. The quantitative estimate of drug-likeness (QED) is 0.769. The Bertz CT molecular complexity index is 588. The van der Waals surface area contributed by atoms with E-state index in [9.17, 15) is 4.79 Å². The van der Waals surface area contributed by atoms with E-state index in [1.807, 2.05) is 12.1 Å². The van der Waals surface area contributed by atoms with Crippen LogP contribution in [0, 0.1) is 5.92 Å². The minimum Gasteiger partial charge on any atom is -0.355 e. The molecule has 0 unspecified atom stereocenters. The third kappa shape index (κ3) is 4.33. The molecule has 1 amide bonds. The van der Waals surface area contributed by atoms with E-state index in [0.717, 1.165) is 19.4 Å². The number of aryl methyl sites for hydroxylation is 1. The molecule has 2 aromatic rings. The molecule has 2 rings (SSSR count). The molecule has 21 heavy (non-hydrogen) atoms. The molecule has 1 aromatic carbocycles. The zero-order valence-corrected chi connectivity index (χ0v) is 12.9. The van der Waals surface area contributed by atoms with Crippen LogP contribution in [0.2, 0.25) is 0 Å². The van der Waals surface area contributed by atoms with Gasteiger partial charge in [0.15, 0.2) is 0 Å². The Morgan fingerprint density at radius 2 is 2.05 bits per heavy atom. The van der Waals surface area contributed by atoms with E-state index in [2.05, 4.69) is 48.1 Å². The Balaban J connectivity index is 1.76. The summed E-state index contributed by atoms with van der Waals surface area (Å²) in [6, 6.07) is 10.0. The summed E-state index contributed by atoms with van der Waals surface area (Å²) in [6.07, 6.45) is 3.73. The second kappa shape index (κ2) is 7.27. The molecule has 3 N–H and O–H groups in total. The third-order valence-corrected chi connectivity index (χ3v) is 3.62. The van der Waals surface area contributed by atoms with Gasteiger partial charge in [0, 0.05) is 24.8 Å². The number of carbonyl (C=O) groups excluding carboxylic acids is 1. The van der Waals surface area contributed by atoms with Crippen molar-refractivity contribution in [3.63, 3.8) is 0 Å². The average Bonchev–Trinajstić information content (AvgIpc) is 2.86. The van der Waals surface area contributed by atoms with Gasteiger partial charge in [-0.25, -0.2) is 0 Å². The monoisotopic (exact) mass is 287 g/mol. The fourth-order valence-electron chi connectivity index (χ4n) is 2.54. The first kappa shape index (κ1) is 15.6. The summed E-state index contributed by atoms with van der Waals surface area (Å²) in [5, 5.41) is 4.17. The molecule has 0 saturated carbocycles. The van der Waals surface area contributed by atoms with E-state index < -0.39 is 6.04 Å². The van der Waals surface area contributed by atoms with Crippen molar-refractivity contribution in [2.24, 2.45) is 11.7 Å². The van der Waals surface area contributed by atoms with Gasteiger partial charge in [-0.05, 0) is 36.3 Å². The Hall–Kier alpha value is -1.81. The van der Waals surface area contributed by atoms with Crippen molar-refractivity contribution >= 4 is 16.8 Å². The number of aromatic nitrogens is 1. The van der Waals surface area contributed by atoms with E-state index in [1.54, 1.807) is 0 Å². The summed E-state index contributed by atoms with van der Waals surface area (Å²) in [7, 11) is 0. The number of nitrogens with one attached hydrogen (secondary N) is 1. The van der Waals surface area contributed by atoms with Crippen molar-refractivity contribution in [2.75, 3.05) is 6.54 Å². The van der Waals surface area contributed by atoms with Crippen LogP contribution in [0.25, 0.3) is 10.9 Å². The van der Waals surface area contributed by atoms with Crippen molar-refractivity contribution in [1.29, 1.82) is 0 Å². The number of amides is 1. The lowest BCUT2D eigenvalue weighted by atomic mass is 10.0. The summed E-state index contributed by atoms with van der Waals surface area (Å²) in [6.45, 7) is 5.71. The van der Waals surface area contributed by atoms with E-state index >= 15 is 0 Å². The molecule has 4 nitrogen and oxygen atoms in total. The second-order valence-electron chi connectivity index (χ2n) is 5.95. The van der Waals surface area contributed by atoms with Crippen LogP contribution >= 0.6 is 0 Å². The molecule has 1 aromatic heterocycles. The van der Waals surface area contributed by atoms with E-state index in [1.165, 1.54) is 10.9 Å². The normalized spacial score (nSPS) is 12.8. The standard InChI is InChI=1S/C17H25N3O/c1-13(2)12-15(18)17(21)19-9-5-10-20-11-8-14-6-3-4-7-16(14)20/h3-4,6-8,11,13,15H,5,9-10,12,18H2,1-2H3,(H,19,21)/t15-/m0/s1. The maximum absolute atomic E-state index is 11.8. The molecular formula is C17H25N3O. The summed E-state index contributed by atoms with van der Waals surface area (Å²) in [4.78, 5) is 11.8. The van der Waals surface area contributed by atoms with Gasteiger partial charge in [0.25, 0.3) is 0 Å². The topological polar surface area (TPSA) is 60.1 Å². The van der Waals surface area contributed by atoms with Gasteiger partial charge in [-0.2, -0.15) is 0 Å². The van der Waals surface area contributed by atoms with Gasteiger partial charge in [0.2, 0.25) is 5.91 Å². The van der Waals surface area contributed by atoms with Gasteiger partial charge in [-0.3, -0.25) is 4.79 Å². The number of nitrogens with two attached hydrogens (primary N) is 1. The Kier molecular flexibility index (Phi) is 5.39. The Morgan fingerprint density at radius 1 is 1.29 bits per heavy atom. The number of para-hydroxylation sites is 1. The molecule has 0 saturated heterocycles. The lowest BCUT2D eigenvalue weighted by molar-refractivity contribution is -0.122. The van der Waals surface area contributed by atoms with Gasteiger partial charge in [0.1, 0.15) is 0 Å². The van der Waals surface area contributed by atoms with Crippen LogP contribution in [-0.2, 0) is 11.3 Å². The van der Waals surface area contributed by atoms with Gasteiger partial charge in [-0.1, -0.05) is 32.0 Å². The van der Waals surface area contributed by atoms with Crippen LogP contribution in [-0.4, -0.2) is 23.1 Å². The number of hydrogen-bond acceptors (Lipinski definition) is 2. The first-order valence-electron chi connectivity index (χ1n) is 7.65. The highest BCUT2D eigenvalue weighted by atomic mass is 16.2. The first-order chi connectivity index (χ1) is 10.1. The maximum Gasteiger partial charge on any atom is 0.236 e. The molecular weight excluding hydrogens is 262 g/mol. The molecule has 1 atom stereocenters. The maximum atomic E-state index is 11.8. The van der Waals surface area contributed by atoms with Crippen LogP contribution in [0.5, 0.6) is 0 Å². The van der Waals surface area contributed by atoms with Crippen LogP contribution < -0.4 is 11.1 Å². The van der Waals surface area contributed by atoms with Crippen molar-refractivity contribution in [3.8, 4) is 0 Å². The Morgan fingerprint density at radius 3 is 2.81 bits per heavy atom. The second-order valence-corrected chi connectivity index (χ2v) is 5.95. The fourth-order valence-corrected chi connectivity index (χ4v) is 2.54. The zero-order valence-electron chi connectivity index (χ0n) is 12.9. The number of hydrogen-bond donors (Lipinski definition) is 2. The van der Waals surface area contributed by atoms with E-state index in [4.69, 9.17) is 5.73 Å². The van der Waals surface area contributed by atoms with Crippen LogP contribution in [0.3, 0.4) is 0 Å². The third-order valence-electron chi connectivity index (χ3n) is 3.62. The van der Waals surface area contributed by atoms with Gasteiger partial charge in [0.05, 0.1) is 6.04 Å². The summed E-state index contributed by atoms with van der Waals surface area (Å²) >= 11 is 0. The summed E-state index contributed by atoms with van der Waals surface area (Å²) in [5.41, 5.74) is 7.09. The largest absolute Gasteiger partial charge is 0.355 e. The molecule has 0 aliphatic carbocycles. The van der Waals surface area contributed by atoms with Crippen molar-refractivity contribution in [3.05, 3.63) is 36.5 Å². The molecule has 0 bridgehead atoms. The highest BCUT2D eigenvalue weighted by molar-refractivity contribution is 5.81. The highest BCUT2D eigenvalue weighted by Crippen LogP contribution is 2.15. The van der Waals surface area contributed by atoms with Crippen molar-refractivity contribution in [2.45, 2.75) is 39.3 Å². The van der Waals surface area contributed by atoms with Crippen LogP contribution in [0.1, 0.15) is 26.7 Å². The molecule has 0 aliphatic heterocycles. The molecule has 0 radical (unpaired) electrons. The summed E-state index contributed by atoms with van der Waals surface area (Å²) < 4.78 is 2.22. The molecule has 0 aliphatic rings. The zero-order chi connectivity index (χ0) is 15.2. The molecule has 114 valence electrons. The predicted octanol–water partition coefficient (Wildman–Crippen LogP) is 2.52. The SMILES string of the molecule is CC(C)C[C@H](N)C(=O)NCCCn1ccc2ccccc21. The highest BCUT2D eigenvalue weighted by Gasteiger charge is 2.13. The molecule has 0 fully saturated rings. The minimum atomic E-state index is -0.391. The van der Waals surface area contributed by atoms with Gasteiger partial charge < -0.3 is 15.6 Å².